The van der Waals surface area contributed by atoms with E-state index in [-0.39, 0.29) is 12.1 Å². The zero-order valence-electron chi connectivity index (χ0n) is 12.3. The number of nitriles is 1. The smallest absolute Gasteiger partial charge is 0.225 e. The Balaban J connectivity index is 2.27. The normalized spacial score (nSPS) is 18.1. The third kappa shape index (κ3) is 4.19. The van der Waals surface area contributed by atoms with Crippen LogP contribution >= 0.6 is 0 Å². The molecule has 0 saturated heterocycles. The molecule has 1 N–H and O–H groups in total. The van der Waals surface area contributed by atoms with E-state index in [4.69, 9.17) is 10.00 Å². The van der Waals surface area contributed by atoms with Crippen LogP contribution in [0.1, 0.15) is 43.9 Å². The third-order valence-electron chi connectivity index (χ3n) is 3.38. The first-order valence-electron chi connectivity index (χ1n) is 7.08. The highest BCUT2D eigenvalue weighted by molar-refractivity contribution is 7.89. The lowest BCUT2D eigenvalue weighted by Crippen LogP contribution is -2.32. The van der Waals surface area contributed by atoms with Gasteiger partial charge in [0, 0.05) is 6.04 Å². The maximum atomic E-state index is 11.8. The topological polar surface area (TPSA) is 79.2 Å². The van der Waals surface area contributed by atoms with E-state index >= 15 is 0 Å². The standard InChI is InChI=1S/C15H20N2O3S/c1-11(2)20-13-7-6-12-4-3-5-15(14(12)10-13)17-21(18,19)9-8-16/h6-7,10-11,15,17H,3-5,9H2,1-2H3/t15-/m1/s1. The lowest BCUT2D eigenvalue weighted by atomic mass is 9.88. The molecule has 0 aromatic heterocycles. The summed E-state index contributed by atoms with van der Waals surface area (Å²) in [4.78, 5) is 0. The van der Waals surface area contributed by atoms with Crippen LogP contribution in [-0.4, -0.2) is 20.3 Å². The second-order valence-electron chi connectivity index (χ2n) is 5.51. The fourth-order valence-corrected chi connectivity index (χ4v) is 3.52. The van der Waals surface area contributed by atoms with Gasteiger partial charge in [-0.15, -0.1) is 0 Å². The molecule has 1 aliphatic rings. The van der Waals surface area contributed by atoms with Gasteiger partial charge in [0.25, 0.3) is 0 Å². The number of aryl methyl sites for hydroxylation is 1. The lowest BCUT2D eigenvalue weighted by Gasteiger charge is -2.26. The molecule has 0 aliphatic heterocycles. The van der Waals surface area contributed by atoms with Gasteiger partial charge in [0.1, 0.15) is 5.75 Å². The number of rotatable bonds is 5. The summed E-state index contributed by atoms with van der Waals surface area (Å²) >= 11 is 0. The van der Waals surface area contributed by atoms with Crippen molar-refractivity contribution < 1.29 is 13.2 Å². The zero-order valence-corrected chi connectivity index (χ0v) is 13.1. The van der Waals surface area contributed by atoms with E-state index in [0.717, 1.165) is 36.1 Å². The molecule has 21 heavy (non-hydrogen) atoms. The number of fused-ring (bicyclic) bond motifs is 1. The van der Waals surface area contributed by atoms with Crippen molar-refractivity contribution in [3.05, 3.63) is 29.3 Å². The summed E-state index contributed by atoms with van der Waals surface area (Å²) in [6.45, 7) is 3.90. The molecule has 6 heteroatoms. The molecule has 0 unspecified atom stereocenters. The highest BCUT2D eigenvalue weighted by Gasteiger charge is 2.25. The highest BCUT2D eigenvalue weighted by Crippen LogP contribution is 2.33. The Labute approximate surface area is 126 Å². The van der Waals surface area contributed by atoms with Crippen LogP contribution < -0.4 is 9.46 Å². The van der Waals surface area contributed by atoms with Gasteiger partial charge >= 0.3 is 0 Å². The summed E-state index contributed by atoms with van der Waals surface area (Å²) in [6.07, 6.45) is 2.67. The van der Waals surface area contributed by atoms with Gasteiger partial charge in [-0.1, -0.05) is 6.07 Å². The molecule has 0 bridgehead atoms. The number of ether oxygens (including phenoxy) is 1. The van der Waals surface area contributed by atoms with Crippen LogP contribution in [0.2, 0.25) is 0 Å². The van der Waals surface area contributed by atoms with Crippen molar-refractivity contribution in [3.63, 3.8) is 0 Å². The van der Waals surface area contributed by atoms with E-state index in [1.54, 1.807) is 6.07 Å². The third-order valence-corrected chi connectivity index (χ3v) is 4.53. The molecular weight excluding hydrogens is 288 g/mol. The Morgan fingerprint density at radius 2 is 2.24 bits per heavy atom. The predicted molar refractivity (Wildman–Crippen MR) is 80.4 cm³/mol. The van der Waals surface area contributed by atoms with Gasteiger partial charge in [-0.25, -0.2) is 13.1 Å². The molecule has 0 saturated carbocycles. The highest BCUT2D eigenvalue weighted by atomic mass is 32.2. The van der Waals surface area contributed by atoms with Crippen LogP contribution in [0.5, 0.6) is 5.75 Å². The molecule has 0 fully saturated rings. The number of benzene rings is 1. The molecule has 0 heterocycles. The average Bonchev–Trinajstić information content (AvgIpc) is 2.38. The van der Waals surface area contributed by atoms with Crippen LogP contribution in [0.25, 0.3) is 0 Å². The Morgan fingerprint density at radius 1 is 1.48 bits per heavy atom. The van der Waals surface area contributed by atoms with Crippen LogP contribution in [0, 0.1) is 11.3 Å². The summed E-state index contributed by atoms with van der Waals surface area (Å²) in [6, 6.07) is 7.24. The van der Waals surface area contributed by atoms with Gasteiger partial charge in [-0.05, 0) is 56.4 Å². The van der Waals surface area contributed by atoms with E-state index < -0.39 is 15.8 Å². The summed E-state index contributed by atoms with van der Waals surface area (Å²) < 4.78 is 31.9. The summed E-state index contributed by atoms with van der Waals surface area (Å²) in [5.74, 6) is 0.233. The van der Waals surface area contributed by atoms with Crippen molar-refractivity contribution in [2.75, 3.05) is 5.75 Å². The van der Waals surface area contributed by atoms with E-state index in [2.05, 4.69) is 4.72 Å². The number of sulfonamides is 1. The van der Waals surface area contributed by atoms with E-state index in [0.29, 0.717) is 0 Å². The van der Waals surface area contributed by atoms with Gasteiger partial charge in [-0.3, -0.25) is 0 Å². The molecule has 1 aromatic carbocycles. The molecular formula is C15H20N2O3S. The van der Waals surface area contributed by atoms with Gasteiger partial charge in [0.05, 0.1) is 12.2 Å². The van der Waals surface area contributed by atoms with Crippen molar-refractivity contribution in [2.45, 2.75) is 45.3 Å². The fraction of sp³-hybridized carbons (Fsp3) is 0.533. The molecule has 0 radical (unpaired) electrons. The van der Waals surface area contributed by atoms with Crippen LogP contribution in [0.4, 0.5) is 0 Å². The summed E-state index contributed by atoms with van der Waals surface area (Å²) in [5, 5.41) is 8.58. The first kappa shape index (κ1) is 15.8. The second-order valence-corrected chi connectivity index (χ2v) is 7.26. The number of nitrogens with one attached hydrogen (secondary N) is 1. The Hall–Kier alpha value is -1.58. The van der Waals surface area contributed by atoms with Crippen LogP contribution in [-0.2, 0) is 16.4 Å². The number of hydrogen-bond donors (Lipinski definition) is 1. The van der Waals surface area contributed by atoms with Crippen LogP contribution in [0.3, 0.4) is 0 Å². The summed E-state index contributed by atoms with van der Waals surface area (Å²) in [7, 11) is -3.56. The van der Waals surface area contributed by atoms with Crippen LogP contribution in [0.15, 0.2) is 18.2 Å². The minimum absolute atomic E-state index is 0.0698. The SMILES string of the molecule is CC(C)Oc1ccc2c(c1)[C@H](NS(=O)(=O)CC#N)CCC2. The van der Waals surface area contributed by atoms with Gasteiger partial charge in [0.2, 0.25) is 10.0 Å². The molecule has 1 aliphatic carbocycles. The molecule has 0 spiro atoms. The quantitative estimate of drug-likeness (QED) is 0.905. The second kappa shape index (κ2) is 6.46. The van der Waals surface area contributed by atoms with Gasteiger partial charge in [-0.2, -0.15) is 5.26 Å². The molecule has 114 valence electrons. The largest absolute Gasteiger partial charge is 0.491 e. The van der Waals surface area contributed by atoms with Crippen molar-refractivity contribution in [1.82, 2.24) is 4.72 Å². The molecule has 5 nitrogen and oxygen atoms in total. The van der Waals surface area contributed by atoms with Gasteiger partial charge < -0.3 is 4.74 Å². The minimum Gasteiger partial charge on any atom is -0.491 e. The van der Waals surface area contributed by atoms with Crippen molar-refractivity contribution in [3.8, 4) is 11.8 Å². The maximum absolute atomic E-state index is 11.8. The van der Waals surface area contributed by atoms with E-state index in [9.17, 15) is 8.42 Å². The molecule has 2 rings (SSSR count). The number of nitrogens with zero attached hydrogens (tertiary/aromatic N) is 1. The monoisotopic (exact) mass is 308 g/mol. The van der Waals surface area contributed by atoms with Crippen molar-refractivity contribution in [2.24, 2.45) is 0 Å². The molecule has 0 amide bonds. The van der Waals surface area contributed by atoms with Gasteiger partial charge in [0.15, 0.2) is 5.75 Å². The van der Waals surface area contributed by atoms with Crippen molar-refractivity contribution >= 4 is 10.0 Å². The maximum Gasteiger partial charge on any atom is 0.225 e. The fourth-order valence-electron chi connectivity index (χ4n) is 2.59. The van der Waals surface area contributed by atoms with E-state index in [1.165, 1.54) is 0 Å². The lowest BCUT2D eigenvalue weighted by molar-refractivity contribution is 0.242. The first-order valence-corrected chi connectivity index (χ1v) is 8.73. The van der Waals surface area contributed by atoms with E-state index in [1.807, 2.05) is 32.0 Å². The first-order chi connectivity index (χ1) is 9.91. The molecule has 1 atom stereocenters. The minimum atomic E-state index is -3.56. The Morgan fingerprint density at radius 3 is 2.90 bits per heavy atom. The van der Waals surface area contributed by atoms with Crippen molar-refractivity contribution in [1.29, 1.82) is 5.26 Å². The Bertz CT molecular complexity index is 647. The zero-order chi connectivity index (χ0) is 15.5. The Kier molecular flexibility index (Phi) is 4.86. The average molecular weight is 308 g/mol. The summed E-state index contributed by atoms with van der Waals surface area (Å²) in [5.41, 5.74) is 2.10. The molecule has 1 aromatic rings. The number of hydrogen-bond acceptors (Lipinski definition) is 4. The predicted octanol–water partition coefficient (Wildman–Crippen LogP) is 2.29.